The molecule has 0 amide bonds. The molecule has 31 heavy (non-hydrogen) atoms. The lowest BCUT2D eigenvalue weighted by Gasteiger charge is -2.47. The molecular weight excluding hydrogens is 402 g/mol. The molecule has 162 valence electrons. The Balaban J connectivity index is 1.25. The van der Waals surface area contributed by atoms with Gasteiger partial charge >= 0.3 is 0 Å². The molecule has 3 aromatic rings. The van der Waals surface area contributed by atoms with Gasteiger partial charge in [-0.3, -0.25) is 0 Å². The summed E-state index contributed by atoms with van der Waals surface area (Å²) < 4.78 is 6.18. The Hall–Kier alpha value is -2.24. The van der Waals surface area contributed by atoms with Crippen LogP contribution in [-0.2, 0) is 4.74 Å². The van der Waals surface area contributed by atoms with Crippen LogP contribution in [0.15, 0.2) is 54.6 Å². The van der Waals surface area contributed by atoms with Crippen LogP contribution in [0.5, 0.6) is 0 Å². The molecule has 0 unspecified atom stereocenters. The van der Waals surface area contributed by atoms with E-state index in [1.807, 2.05) is 25.3 Å². The van der Waals surface area contributed by atoms with Crippen molar-refractivity contribution in [3.63, 3.8) is 0 Å². The molecule has 1 aromatic heterocycles. The lowest BCUT2D eigenvalue weighted by Crippen LogP contribution is -2.50. The standard InChI is InChI=1S/C26H31N3OS/c1-30-26(22-10-6-3-7-11-22)16-18-29(19-17-26)23-14-12-21(13-15-23)25-28-27-24(31-25)20-8-4-2-5-9-20/h2,4-5,8-9,12-15,22H,3,6-7,10-11,16-19H2,1H3. The van der Waals surface area contributed by atoms with Gasteiger partial charge in [-0.05, 0) is 55.9 Å². The molecule has 5 rings (SSSR count). The highest BCUT2D eigenvalue weighted by Crippen LogP contribution is 2.42. The molecule has 0 spiro atoms. The van der Waals surface area contributed by atoms with Gasteiger partial charge in [-0.2, -0.15) is 0 Å². The summed E-state index contributed by atoms with van der Waals surface area (Å²) in [6.07, 6.45) is 9.09. The quantitative estimate of drug-likeness (QED) is 0.464. The van der Waals surface area contributed by atoms with Crippen LogP contribution in [0.1, 0.15) is 44.9 Å². The summed E-state index contributed by atoms with van der Waals surface area (Å²) in [6, 6.07) is 19.1. The van der Waals surface area contributed by atoms with Gasteiger partial charge in [0.2, 0.25) is 0 Å². The monoisotopic (exact) mass is 433 g/mol. The molecular formula is C26H31N3OS. The van der Waals surface area contributed by atoms with Gasteiger partial charge in [-0.25, -0.2) is 0 Å². The molecule has 2 aliphatic rings. The normalized spacial score (nSPS) is 19.5. The van der Waals surface area contributed by atoms with E-state index in [0.717, 1.165) is 53.0 Å². The fraction of sp³-hybridized carbons (Fsp3) is 0.462. The molecule has 0 atom stereocenters. The van der Waals surface area contributed by atoms with E-state index in [4.69, 9.17) is 4.74 Å². The van der Waals surface area contributed by atoms with Crippen LogP contribution in [0.2, 0.25) is 0 Å². The Bertz CT molecular complexity index is 971. The predicted octanol–water partition coefficient (Wildman–Crippen LogP) is 6.44. The SMILES string of the molecule is COC1(C2CCCCC2)CCN(c2ccc(-c3nnc(-c4ccccc4)s3)cc2)CC1. The molecule has 4 nitrogen and oxygen atoms in total. The number of hydrogen-bond acceptors (Lipinski definition) is 5. The first-order chi connectivity index (χ1) is 15.3. The fourth-order valence-electron chi connectivity index (χ4n) is 5.40. The number of ether oxygens (including phenoxy) is 1. The first kappa shape index (κ1) is 20.7. The third kappa shape index (κ3) is 4.26. The van der Waals surface area contributed by atoms with E-state index in [-0.39, 0.29) is 5.60 Å². The molecule has 0 N–H and O–H groups in total. The lowest BCUT2D eigenvalue weighted by atomic mass is 9.72. The maximum Gasteiger partial charge on any atom is 0.148 e. The summed E-state index contributed by atoms with van der Waals surface area (Å²) in [5, 5.41) is 10.8. The minimum absolute atomic E-state index is 0.0945. The highest BCUT2D eigenvalue weighted by molar-refractivity contribution is 7.17. The maximum atomic E-state index is 6.18. The summed E-state index contributed by atoms with van der Waals surface area (Å²) in [6.45, 7) is 2.14. The number of piperidine rings is 1. The Morgan fingerprint density at radius 3 is 2.06 bits per heavy atom. The van der Waals surface area contributed by atoms with Crippen molar-refractivity contribution in [2.75, 3.05) is 25.1 Å². The van der Waals surface area contributed by atoms with E-state index in [9.17, 15) is 0 Å². The molecule has 2 heterocycles. The third-order valence-electron chi connectivity index (χ3n) is 7.29. The van der Waals surface area contributed by atoms with Crippen molar-refractivity contribution in [2.45, 2.75) is 50.5 Å². The van der Waals surface area contributed by atoms with E-state index < -0.39 is 0 Å². The Kier molecular flexibility index (Phi) is 6.06. The molecule has 1 aliphatic carbocycles. The summed E-state index contributed by atoms with van der Waals surface area (Å²) >= 11 is 1.65. The van der Waals surface area contributed by atoms with Crippen molar-refractivity contribution in [3.05, 3.63) is 54.6 Å². The number of methoxy groups -OCH3 is 1. The Morgan fingerprint density at radius 1 is 0.839 bits per heavy atom. The van der Waals surface area contributed by atoms with Crippen molar-refractivity contribution in [2.24, 2.45) is 5.92 Å². The highest BCUT2D eigenvalue weighted by Gasteiger charge is 2.41. The van der Waals surface area contributed by atoms with E-state index in [0.29, 0.717) is 0 Å². The molecule has 2 aromatic carbocycles. The predicted molar refractivity (Wildman–Crippen MR) is 129 cm³/mol. The minimum Gasteiger partial charge on any atom is -0.378 e. The van der Waals surface area contributed by atoms with Gasteiger partial charge in [-0.15, -0.1) is 10.2 Å². The van der Waals surface area contributed by atoms with Crippen LogP contribution in [0, 0.1) is 5.92 Å². The van der Waals surface area contributed by atoms with E-state index in [1.165, 1.54) is 37.8 Å². The van der Waals surface area contributed by atoms with Gasteiger partial charge < -0.3 is 9.64 Å². The second-order valence-electron chi connectivity index (χ2n) is 8.92. The Morgan fingerprint density at radius 2 is 1.45 bits per heavy atom. The van der Waals surface area contributed by atoms with Gasteiger partial charge in [0.25, 0.3) is 0 Å². The fourth-order valence-corrected chi connectivity index (χ4v) is 6.26. The third-order valence-corrected chi connectivity index (χ3v) is 8.31. The van der Waals surface area contributed by atoms with Gasteiger partial charge in [0.05, 0.1) is 5.60 Å². The number of benzene rings is 2. The van der Waals surface area contributed by atoms with Crippen molar-refractivity contribution >= 4 is 17.0 Å². The summed E-state index contributed by atoms with van der Waals surface area (Å²) in [4.78, 5) is 2.51. The van der Waals surface area contributed by atoms with Gasteiger partial charge in [-0.1, -0.05) is 60.9 Å². The molecule has 1 saturated carbocycles. The van der Waals surface area contributed by atoms with E-state index >= 15 is 0 Å². The van der Waals surface area contributed by atoms with Crippen molar-refractivity contribution in [1.82, 2.24) is 10.2 Å². The van der Waals surface area contributed by atoms with E-state index in [2.05, 4.69) is 51.5 Å². The summed E-state index contributed by atoms with van der Waals surface area (Å²) in [5.41, 5.74) is 3.65. The number of hydrogen-bond donors (Lipinski definition) is 0. The average molecular weight is 434 g/mol. The molecule has 2 fully saturated rings. The van der Waals surface area contributed by atoms with Gasteiger partial charge in [0, 0.05) is 37.0 Å². The average Bonchev–Trinajstić information content (AvgIpc) is 3.36. The molecule has 0 radical (unpaired) electrons. The second kappa shape index (κ2) is 9.09. The van der Waals surface area contributed by atoms with Gasteiger partial charge in [0.1, 0.15) is 10.0 Å². The number of anilines is 1. The summed E-state index contributed by atoms with van der Waals surface area (Å²) in [7, 11) is 1.94. The first-order valence-electron chi connectivity index (χ1n) is 11.6. The van der Waals surface area contributed by atoms with Crippen molar-refractivity contribution in [3.8, 4) is 21.1 Å². The largest absolute Gasteiger partial charge is 0.378 e. The zero-order valence-corrected chi connectivity index (χ0v) is 19.1. The molecule has 1 aliphatic heterocycles. The Labute approximate surface area is 189 Å². The van der Waals surface area contributed by atoms with Crippen LogP contribution >= 0.6 is 11.3 Å². The topological polar surface area (TPSA) is 38.2 Å². The van der Waals surface area contributed by atoms with Crippen molar-refractivity contribution in [1.29, 1.82) is 0 Å². The van der Waals surface area contributed by atoms with Crippen LogP contribution in [0.3, 0.4) is 0 Å². The zero-order chi connectivity index (χ0) is 21.1. The number of rotatable bonds is 5. The molecule has 0 bridgehead atoms. The minimum atomic E-state index is 0.0945. The van der Waals surface area contributed by atoms with Crippen molar-refractivity contribution < 1.29 is 4.74 Å². The second-order valence-corrected chi connectivity index (χ2v) is 9.89. The van der Waals surface area contributed by atoms with Gasteiger partial charge in [0.15, 0.2) is 0 Å². The van der Waals surface area contributed by atoms with Crippen LogP contribution in [0.4, 0.5) is 5.69 Å². The van der Waals surface area contributed by atoms with E-state index in [1.54, 1.807) is 11.3 Å². The van der Waals surface area contributed by atoms with Crippen LogP contribution in [-0.4, -0.2) is 36.0 Å². The smallest absolute Gasteiger partial charge is 0.148 e. The maximum absolute atomic E-state index is 6.18. The van der Waals surface area contributed by atoms with Crippen LogP contribution < -0.4 is 4.90 Å². The van der Waals surface area contributed by atoms with Crippen LogP contribution in [0.25, 0.3) is 21.1 Å². The molecule has 5 heteroatoms. The molecule has 1 saturated heterocycles. The first-order valence-corrected chi connectivity index (χ1v) is 12.4. The summed E-state index contributed by atoms with van der Waals surface area (Å²) in [5.74, 6) is 0.743. The zero-order valence-electron chi connectivity index (χ0n) is 18.3. The number of nitrogens with zero attached hydrogens (tertiary/aromatic N) is 3. The highest BCUT2D eigenvalue weighted by atomic mass is 32.1. The lowest BCUT2D eigenvalue weighted by molar-refractivity contribution is -0.0856. The number of aromatic nitrogens is 2.